The highest BCUT2D eigenvalue weighted by Crippen LogP contribution is 2.41. The van der Waals surface area contributed by atoms with Crippen LogP contribution in [0.15, 0.2) is 0 Å². The van der Waals surface area contributed by atoms with E-state index in [1.807, 2.05) is 0 Å². The molecule has 0 aromatic carbocycles. The molecule has 2 aliphatic carbocycles. The van der Waals surface area contributed by atoms with Crippen LogP contribution in [0.25, 0.3) is 0 Å². The van der Waals surface area contributed by atoms with Gasteiger partial charge in [0.15, 0.2) is 0 Å². The number of carbonyl (C=O) groups is 3. The molecule has 0 atom stereocenters. The maximum absolute atomic E-state index is 11.2. The van der Waals surface area contributed by atoms with Crippen molar-refractivity contribution >= 4 is 17.5 Å². The average molecular weight is 196 g/mol. The molecule has 0 aliphatic heterocycles. The molecular formula is C10H12O4. The first-order valence-electron chi connectivity index (χ1n) is 4.84. The van der Waals surface area contributed by atoms with Gasteiger partial charge in [-0.1, -0.05) is 0 Å². The lowest BCUT2D eigenvalue weighted by Gasteiger charge is -2.38. The third-order valence-corrected chi connectivity index (χ3v) is 3.26. The minimum absolute atomic E-state index is 0.116. The molecule has 4 heteroatoms. The molecule has 2 aliphatic rings. The van der Waals surface area contributed by atoms with Crippen molar-refractivity contribution in [2.24, 2.45) is 17.8 Å². The second-order valence-electron chi connectivity index (χ2n) is 4.28. The number of hydrogen-bond donors (Lipinski definition) is 1. The Kier molecular flexibility index (Phi) is 2.13. The van der Waals surface area contributed by atoms with Gasteiger partial charge in [-0.15, -0.1) is 0 Å². The van der Waals surface area contributed by atoms with Crippen molar-refractivity contribution in [3.8, 4) is 0 Å². The van der Waals surface area contributed by atoms with Crippen molar-refractivity contribution in [2.75, 3.05) is 0 Å². The molecule has 2 rings (SSSR count). The highest BCUT2D eigenvalue weighted by Gasteiger charge is 2.46. The van der Waals surface area contributed by atoms with Crippen LogP contribution in [0, 0.1) is 17.8 Å². The van der Waals surface area contributed by atoms with E-state index < -0.39 is 11.9 Å². The Morgan fingerprint density at radius 1 is 1.00 bits per heavy atom. The van der Waals surface area contributed by atoms with Gasteiger partial charge < -0.3 is 5.11 Å². The van der Waals surface area contributed by atoms with Crippen molar-refractivity contribution in [2.45, 2.75) is 25.7 Å². The smallest absolute Gasteiger partial charge is 0.307 e. The molecule has 0 unspecified atom stereocenters. The molecule has 0 spiro atoms. The molecule has 2 saturated carbocycles. The van der Waals surface area contributed by atoms with Gasteiger partial charge >= 0.3 is 5.97 Å². The number of hydrogen-bond acceptors (Lipinski definition) is 3. The molecule has 0 aromatic heterocycles. The van der Waals surface area contributed by atoms with Gasteiger partial charge in [-0.3, -0.25) is 14.4 Å². The summed E-state index contributed by atoms with van der Waals surface area (Å²) < 4.78 is 0. The van der Waals surface area contributed by atoms with E-state index in [1.54, 1.807) is 0 Å². The highest BCUT2D eigenvalue weighted by atomic mass is 16.4. The summed E-state index contributed by atoms with van der Waals surface area (Å²) in [5, 5.41) is 8.99. The second-order valence-corrected chi connectivity index (χ2v) is 4.28. The molecule has 4 nitrogen and oxygen atoms in total. The van der Waals surface area contributed by atoms with Gasteiger partial charge in [0.1, 0.15) is 11.6 Å². The summed E-state index contributed by atoms with van der Waals surface area (Å²) in [4.78, 5) is 33.5. The largest absolute Gasteiger partial charge is 0.481 e. The van der Waals surface area contributed by atoms with Gasteiger partial charge in [0.2, 0.25) is 0 Å². The SMILES string of the molecule is O=C1CC2CC(=O)CC(C1)C2C(=O)O. The van der Waals surface area contributed by atoms with E-state index in [-0.39, 0.29) is 49.1 Å². The van der Waals surface area contributed by atoms with Gasteiger partial charge in [-0.2, -0.15) is 0 Å². The first-order valence-corrected chi connectivity index (χ1v) is 4.84. The maximum Gasteiger partial charge on any atom is 0.307 e. The number of carboxylic acid groups (broad SMARTS) is 1. The van der Waals surface area contributed by atoms with Crippen LogP contribution in [-0.4, -0.2) is 22.6 Å². The monoisotopic (exact) mass is 196 g/mol. The third-order valence-electron chi connectivity index (χ3n) is 3.26. The number of ketones is 2. The summed E-state index contributed by atoms with van der Waals surface area (Å²) in [7, 11) is 0. The maximum atomic E-state index is 11.2. The number of carboxylic acids is 1. The number of aliphatic carboxylic acids is 1. The van der Waals surface area contributed by atoms with Crippen LogP contribution in [0.2, 0.25) is 0 Å². The van der Waals surface area contributed by atoms with Crippen LogP contribution in [-0.2, 0) is 14.4 Å². The van der Waals surface area contributed by atoms with Gasteiger partial charge in [0, 0.05) is 25.7 Å². The van der Waals surface area contributed by atoms with Crippen LogP contribution in [0.1, 0.15) is 25.7 Å². The first-order chi connectivity index (χ1) is 6.58. The Balaban J connectivity index is 2.25. The summed E-state index contributed by atoms with van der Waals surface area (Å²) >= 11 is 0. The number of fused-ring (bicyclic) bond motifs is 2. The Labute approximate surface area is 81.3 Å². The lowest BCUT2D eigenvalue weighted by molar-refractivity contribution is -0.152. The molecule has 0 saturated heterocycles. The molecule has 76 valence electrons. The van der Waals surface area contributed by atoms with Crippen molar-refractivity contribution in [1.29, 1.82) is 0 Å². The third kappa shape index (κ3) is 1.45. The van der Waals surface area contributed by atoms with Gasteiger partial charge in [0.05, 0.1) is 5.92 Å². The number of Topliss-reactive ketones (excluding diaryl/α,β-unsaturated/α-hetero) is 2. The van der Waals surface area contributed by atoms with E-state index in [4.69, 9.17) is 5.11 Å². The Morgan fingerprint density at radius 3 is 1.64 bits per heavy atom. The second kappa shape index (κ2) is 3.19. The van der Waals surface area contributed by atoms with Crippen LogP contribution in [0.5, 0.6) is 0 Å². The topological polar surface area (TPSA) is 71.4 Å². The van der Waals surface area contributed by atoms with Gasteiger partial charge in [-0.25, -0.2) is 0 Å². The quantitative estimate of drug-likeness (QED) is 0.668. The zero-order chi connectivity index (χ0) is 10.3. The summed E-state index contributed by atoms with van der Waals surface area (Å²) in [6, 6.07) is 0. The molecule has 2 fully saturated rings. The van der Waals surface area contributed by atoms with Crippen molar-refractivity contribution in [3.05, 3.63) is 0 Å². The van der Waals surface area contributed by atoms with E-state index in [9.17, 15) is 14.4 Å². The fourth-order valence-electron chi connectivity index (χ4n) is 2.78. The normalized spacial score (nSPS) is 37.0. The van der Waals surface area contributed by atoms with E-state index in [2.05, 4.69) is 0 Å². The lowest BCUT2D eigenvalue weighted by atomic mass is 9.64. The average Bonchev–Trinajstić information content (AvgIpc) is 1.99. The predicted molar refractivity (Wildman–Crippen MR) is 46.6 cm³/mol. The number of rotatable bonds is 1. The summed E-state index contributed by atoms with van der Waals surface area (Å²) in [5.41, 5.74) is 0. The molecule has 2 bridgehead atoms. The Bertz CT molecular complexity index is 267. The summed E-state index contributed by atoms with van der Waals surface area (Å²) in [6.07, 6.45) is 1.11. The fraction of sp³-hybridized carbons (Fsp3) is 0.700. The minimum Gasteiger partial charge on any atom is -0.481 e. The van der Waals surface area contributed by atoms with Crippen LogP contribution in [0.3, 0.4) is 0 Å². The molecular weight excluding hydrogens is 184 g/mol. The van der Waals surface area contributed by atoms with Crippen molar-refractivity contribution < 1.29 is 19.5 Å². The van der Waals surface area contributed by atoms with Crippen molar-refractivity contribution in [1.82, 2.24) is 0 Å². The molecule has 0 amide bonds. The number of carbonyl (C=O) groups excluding carboxylic acids is 2. The highest BCUT2D eigenvalue weighted by molar-refractivity contribution is 5.89. The zero-order valence-electron chi connectivity index (χ0n) is 7.73. The predicted octanol–water partition coefficient (Wildman–Crippen LogP) is 0.645. The summed E-state index contributed by atoms with van der Waals surface area (Å²) in [5.74, 6) is -1.56. The molecule has 0 radical (unpaired) electrons. The molecule has 14 heavy (non-hydrogen) atoms. The zero-order valence-corrected chi connectivity index (χ0v) is 7.73. The van der Waals surface area contributed by atoms with Gasteiger partial charge in [-0.05, 0) is 11.8 Å². The Morgan fingerprint density at radius 2 is 1.36 bits per heavy atom. The van der Waals surface area contributed by atoms with E-state index in [1.165, 1.54) is 0 Å². The molecule has 1 N–H and O–H groups in total. The van der Waals surface area contributed by atoms with Crippen LogP contribution < -0.4 is 0 Å². The molecule has 0 heterocycles. The minimum atomic E-state index is -0.847. The van der Waals surface area contributed by atoms with E-state index in [0.29, 0.717) is 0 Å². The van der Waals surface area contributed by atoms with Gasteiger partial charge in [0.25, 0.3) is 0 Å². The van der Waals surface area contributed by atoms with E-state index in [0.717, 1.165) is 0 Å². The van der Waals surface area contributed by atoms with Crippen LogP contribution in [0.4, 0.5) is 0 Å². The lowest BCUT2D eigenvalue weighted by Crippen LogP contribution is -2.43. The van der Waals surface area contributed by atoms with E-state index >= 15 is 0 Å². The van der Waals surface area contributed by atoms with Crippen LogP contribution >= 0.6 is 0 Å². The first kappa shape index (κ1) is 9.37. The summed E-state index contributed by atoms with van der Waals surface area (Å²) in [6.45, 7) is 0. The molecule has 0 aromatic rings. The Hall–Kier alpha value is -1.19. The standard InChI is InChI=1S/C10H12O4/c11-7-1-5-2-8(12)4-6(3-7)9(5)10(13)14/h5-6,9H,1-4H2,(H,13,14). The van der Waals surface area contributed by atoms with Crippen molar-refractivity contribution in [3.63, 3.8) is 0 Å². The fourth-order valence-corrected chi connectivity index (χ4v) is 2.78.